The third-order valence-corrected chi connectivity index (χ3v) is 9.38. The van der Waals surface area contributed by atoms with Crippen molar-refractivity contribution >= 4 is 57.0 Å². The molecule has 14 nitrogen and oxygen atoms in total. The molecule has 0 unspecified atom stereocenters. The van der Waals surface area contributed by atoms with Crippen LogP contribution in [0.15, 0.2) is 12.5 Å². The smallest absolute Gasteiger partial charge is 0.244 e. The molecular formula is C24H38N8O6S2. The maximum atomic E-state index is 13.3. The number of hydrogen-bond donors (Lipinski definition) is 7. The summed E-state index contributed by atoms with van der Waals surface area (Å²) in [5, 5.41) is 13.1. The molecular weight excluding hydrogens is 560 g/mol. The van der Waals surface area contributed by atoms with Crippen LogP contribution in [-0.2, 0) is 35.2 Å². The van der Waals surface area contributed by atoms with Crippen molar-refractivity contribution in [2.75, 3.05) is 5.75 Å². The molecule has 1 aliphatic rings. The summed E-state index contributed by atoms with van der Waals surface area (Å²) >= 11 is 0. The molecule has 0 aliphatic carbocycles. The number of carbonyl (C=O) groups is 6. The standard InChI is InChI=1S/C24H38N8O6S2/c1-11(2)17-23(38)32-18(19(25)34)24(5,6)40-39-9-16(29-13(4)33)22(37)30-15(7-14-8-26-10-27-14)21(36)28-12(3)20(35)31-17/h8,10-12,15-18H,7,9H2,1-6H3,(H2,25,34)(H,26,27)(H,28,36)(H,29,33)(H,30,37)(H,31,35)(H,32,38)/t12-,15-,16-,17-,18+/m0/s1. The summed E-state index contributed by atoms with van der Waals surface area (Å²) in [5.41, 5.74) is 6.20. The number of nitrogens with one attached hydrogen (secondary N) is 6. The zero-order chi connectivity index (χ0) is 30.2. The molecule has 0 saturated carbocycles. The Balaban J connectivity index is 2.46. The number of aromatic nitrogens is 2. The molecule has 6 amide bonds. The minimum absolute atomic E-state index is 0.0327. The summed E-state index contributed by atoms with van der Waals surface area (Å²) in [6, 6.07) is -5.39. The zero-order valence-corrected chi connectivity index (χ0v) is 25.0. The molecule has 0 radical (unpaired) electrons. The number of H-pyrrole nitrogens is 1. The third-order valence-electron chi connectivity index (χ3n) is 6.08. The highest BCUT2D eigenvalue weighted by atomic mass is 33.1. The molecule has 16 heteroatoms. The fourth-order valence-electron chi connectivity index (χ4n) is 3.84. The SMILES string of the molecule is CC(=O)N[C@H]1CSSC(C)(C)[C@@H](C(N)=O)NC(=O)[C@H](C(C)C)NC(=O)[C@H](C)NC(=O)[C@H](Cc2cnc[nH]2)NC1=O. The summed E-state index contributed by atoms with van der Waals surface area (Å²) in [6.07, 6.45) is 2.96. The van der Waals surface area contributed by atoms with E-state index in [0.717, 1.165) is 0 Å². The average molecular weight is 599 g/mol. The number of imidazole rings is 1. The fourth-order valence-corrected chi connectivity index (χ4v) is 6.67. The van der Waals surface area contributed by atoms with Crippen LogP contribution in [-0.4, -0.2) is 86.1 Å². The van der Waals surface area contributed by atoms with E-state index in [1.807, 2.05) is 0 Å². The Morgan fingerprint density at radius 1 is 1.07 bits per heavy atom. The van der Waals surface area contributed by atoms with E-state index in [0.29, 0.717) is 5.69 Å². The van der Waals surface area contributed by atoms with Gasteiger partial charge in [0.15, 0.2) is 0 Å². The van der Waals surface area contributed by atoms with Gasteiger partial charge in [-0.05, 0) is 26.7 Å². The molecule has 1 fully saturated rings. The third kappa shape index (κ3) is 9.43. The Hall–Kier alpha value is -3.27. The van der Waals surface area contributed by atoms with Gasteiger partial charge in [0.1, 0.15) is 30.2 Å². The molecule has 1 aliphatic heterocycles. The number of hydrogen-bond acceptors (Lipinski definition) is 9. The molecule has 1 aromatic rings. The first-order valence-electron chi connectivity index (χ1n) is 12.7. The molecule has 0 bridgehead atoms. The lowest BCUT2D eigenvalue weighted by Crippen LogP contribution is -2.61. The van der Waals surface area contributed by atoms with Gasteiger partial charge >= 0.3 is 0 Å². The maximum absolute atomic E-state index is 13.3. The molecule has 0 spiro atoms. The van der Waals surface area contributed by atoms with Gasteiger partial charge in [-0.25, -0.2) is 4.98 Å². The van der Waals surface area contributed by atoms with Gasteiger partial charge in [0.2, 0.25) is 35.4 Å². The van der Waals surface area contributed by atoms with Crippen molar-refractivity contribution < 1.29 is 28.8 Å². The Labute approximate surface area is 240 Å². The van der Waals surface area contributed by atoms with Gasteiger partial charge in [0.25, 0.3) is 0 Å². The highest BCUT2D eigenvalue weighted by molar-refractivity contribution is 8.77. The van der Waals surface area contributed by atoms with Crippen LogP contribution in [0, 0.1) is 5.92 Å². The number of rotatable bonds is 5. The van der Waals surface area contributed by atoms with Crippen LogP contribution in [0.4, 0.5) is 0 Å². The largest absolute Gasteiger partial charge is 0.368 e. The molecule has 222 valence electrons. The quantitative estimate of drug-likeness (QED) is 0.201. The molecule has 40 heavy (non-hydrogen) atoms. The lowest BCUT2D eigenvalue weighted by atomic mass is 9.99. The number of nitrogens with zero attached hydrogens (tertiary/aromatic N) is 1. The van der Waals surface area contributed by atoms with Crippen LogP contribution >= 0.6 is 21.6 Å². The maximum Gasteiger partial charge on any atom is 0.244 e. The minimum atomic E-state index is -1.13. The highest BCUT2D eigenvalue weighted by Crippen LogP contribution is 2.38. The van der Waals surface area contributed by atoms with Gasteiger partial charge < -0.3 is 37.3 Å². The van der Waals surface area contributed by atoms with Crippen molar-refractivity contribution in [3.8, 4) is 0 Å². The first-order chi connectivity index (χ1) is 18.6. The van der Waals surface area contributed by atoms with E-state index >= 15 is 0 Å². The summed E-state index contributed by atoms with van der Waals surface area (Å²) in [7, 11) is 2.38. The summed E-state index contributed by atoms with van der Waals surface area (Å²) in [5.74, 6) is -4.07. The number of nitrogens with two attached hydrogens (primary N) is 1. The first kappa shape index (κ1) is 32.9. The molecule has 1 aromatic heterocycles. The second kappa shape index (κ2) is 14.4. The van der Waals surface area contributed by atoms with E-state index in [9.17, 15) is 28.8 Å². The van der Waals surface area contributed by atoms with Crippen LogP contribution in [0.5, 0.6) is 0 Å². The van der Waals surface area contributed by atoms with E-state index in [1.54, 1.807) is 27.7 Å². The van der Waals surface area contributed by atoms with E-state index in [4.69, 9.17) is 5.73 Å². The molecule has 0 aromatic carbocycles. The first-order valence-corrected chi connectivity index (χ1v) is 15.0. The summed E-state index contributed by atoms with van der Waals surface area (Å²) in [4.78, 5) is 83.8. The number of carbonyl (C=O) groups excluding carboxylic acids is 6. The Morgan fingerprint density at radius 2 is 1.75 bits per heavy atom. The predicted molar refractivity (Wildman–Crippen MR) is 151 cm³/mol. The monoisotopic (exact) mass is 598 g/mol. The van der Waals surface area contributed by atoms with Gasteiger partial charge in [0.05, 0.1) is 6.33 Å². The Kier molecular flexibility index (Phi) is 11.8. The van der Waals surface area contributed by atoms with Gasteiger partial charge in [-0.1, -0.05) is 35.4 Å². The lowest BCUT2D eigenvalue weighted by molar-refractivity contribution is -0.135. The minimum Gasteiger partial charge on any atom is -0.368 e. The van der Waals surface area contributed by atoms with Crippen molar-refractivity contribution in [1.82, 2.24) is 36.6 Å². The topological polar surface area (TPSA) is 217 Å². The van der Waals surface area contributed by atoms with Gasteiger partial charge in [-0.3, -0.25) is 28.8 Å². The van der Waals surface area contributed by atoms with E-state index < -0.39 is 70.4 Å². The number of primary amides is 1. The molecule has 8 N–H and O–H groups in total. The Morgan fingerprint density at radius 3 is 2.30 bits per heavy atom. The van der Waals surface area contributed by atoms with E-state index in [1.165, 1.54) is 48.0 Å². The van der Waals surface area contributed by atoms with Crippen LogP contribution in [0.25, 0.3) is 0 Å². The van der Waals surface area contributed by atoms with Crippen molar-refractivity contribution in [3.63, 3.8) is 0 Å². The number of aromatic amines is 1. The lowest BCUT2D eigenvalue weighted by Gasteiger charge is -2.33. The predicted octanol–water partition coefficient (Wildman–Crippen LogP) is -1.27. The van der Waals surface area contributed by atoms with Crippen molar-refractivity contribution in [2.24, 2.45) is 11.7 Å². The average Bonchev–Trinajstić information content (AvgIpc) is 3.36. The molecule has 2 heterocycles. The normalized spacial score (nSPS) is 27.0. The van der Waals surface area contributed by atoms with E-state index in [-0.39, 0.29) is 18.1 Å². The fraction of sp³-hybridized carbons (Fsp3) is 0.625. The molecule has 5 atom stereocenters. The van der Waals surface area contributed by atoms with Gasteiger partial charge in [-0.15, -0.1) is 0 Å². The summed E-state index contributed by atoms with van der Waals surface area (Å²) in [6.45, 7) is 9.56. The van der Waals surface area contributed by atoms with Crippen LogP contribution in [0.1, 0.15) is 47.2 Å². The second-order valence-corrected chi connectivity index (χ2v) is 13.4. The van der Waals surface area contributed by atoms with Gasteiger partial charge in [-0.2, -0.15) is 0 Å². The second-order valence-electron chi connectivity index (χ2n) is 10.4. The molecule has 1 saturated heterocycles. The molecule has 2 rings (SSSR count). The van der Waals surface area contributed by atoms with Crippen molar-refractivity contribution in [2.45, 2.75) is 82.9 Å². The zero-order valence-electron chi connectivity index (χ0n) is 23.3. The van der Waals surface area contributed by atoms with Gasteiger partial charge in [0, 0.05) is 35.7 Å². The van der Waals surface area contributed by atoms with E-state index in [2.05, 4.69) is 36.6 Å². The number of amides is 6. The summed E-state index contributed by atoms with van der Waals surface area (Å²) < 4.78 is -0.948. The highest BCUT2D eigenvalue weighted by Gasteiger charge is 2.39. The van der Waals surface area contributed by atoms with Crippen molar-refractivity contribution in [1.29, 1.82) is 0 Å². The van der Waals surface area contributed by atoms with Crippen LogP contribution in [0.3, 0.4) is 0 Å². The van der Waals surface area contributed by atoms with Crippen LogP contribution < -0.4 is 32.3 Å². The van der Waals surface area contributed by atoms with Crippen molar-refractivity contribution in [3.05, 3.63) is 18.2 Å². The van der Waals surface area contributed by atoms with Crippen LogP contribution in [0.2, 0.25) is 0 Å². The Bertz CT molecular complexity index is 1100.